The lowest BCUT2D eigenvalue weighted by atomic mass is 10.2. The number of aromatic nitrogens is 1. The molecule has 0 saturated carbocycles. The van der Waals surface area contributed by atoms with Crippen LogP contribution in [0.15, 0.2) is 52.1 Å². The summed E-state index contributed by atoms with van der Waals surface area (Å²) in [6.07, 6.45) is 0. The summed E-state index contributed by atoms with van der Waals surface area (Å²) in [5, 5.41) is 4.04. The van der Waals surface area contributed by atoms with Gasteiger partial charge in [-0.05, 0) is 30.3 Å². The van der Waals surface area contributed by atoms with Crippen LogP contribution in [-0.2, 0) is 9.53 Å². The zero-order valence-corrected chi connectivity index (χ0v) is 16.1. The summed E-state index contributed by atoms with van der Waals surface area (Å²) in [5.41, 5.74) is 3.15. The highest BCUT2D eigenvalue weighted by Crippen LogP contribution is 2.28. The van der Waals surface area contributed by atoms with Crippen LogP contribution in [0.2, 0.25) is 5.02 Å². The van der Waals surface area contributed by atoms with Crippen molar-refractivity contribution in [1.82, 2.24) is 4.98 Å². The fraction of sp³-hybridized carbons (Fsp3) is 0.263. The van der Waals surface area contributed by atoms with Crippen LogP contribution in [0.1, 0.15) is 0 Å². The Bertz CT molecular complexity index is 956. The molecule has 27 heavy (non-hydrogen) atoms. The van der Waals surface area contributed by atoms with E-state index in [1.807, 2.05) is 24.3 Å². The third-order valence-electron chi connectivity index (χ3n) is 4.19. The van der Waals surface area contributed by atoms with E-state index in [-0.39, 0.29) is 11.7 Å². The van der Waals surface area contributed by atoms with Gasteiger partial charge < -0.3 is 19.4 Å². The molecule has 0 atom stereocenters. The van der Waals surface area contributed by atoms with E-state index >= 15 is 0 Å². The predicted octanol–water partition coefficient (Wildman–Crippen LogP) is 4.05. The summed E-state index contributed by atoms with van der Waals surface area (Å²) in [4.78, 5) is 19.0. The maximum Gasteiger partial charge on any atom is 0.257 e. The smallest absolute Gasteiger partial charge is 0.257 e. The Hall–Kier alpha value is -2.22. The number of hydrogen-bond donors (Lipinski definition) is 1. The van der Waals surface area contributed by atoms with Crippen LogP contribution in [0.25, 0.3) is 11.1 Å². The van der Waals surface area contributed by atoms with Gasteiger partial charge in [0.15, 0.2) is 5.58 Å². The van der Waals surface area contributed by atoms with Gasteiger partial charge in [-0.15, -0.1) is 0 Å². The highest BCUT2D eigenvalue weighted by molar-refractivity contribution is 7.99. The number of amides is 1. The largest absolute Gasteiger partial charge is 0.431 e. The molecule has 1 aliphatic rings. The lowest BCUT2D eigenvalue weighted by Gasteiger charge is -2.30. The van der Waals surface area contributed by atoms with E-state index in [4.69, 9.17) is 20.8 Å². The van der Waals surface area contributed by atoms with Crippen molar-refractivity contribution < 1.29 is 13.9 Å². The molecule has 0 unspecified atom stereocenters. The third-order valence-corrected chi connectivity index (χ3v) is 5.25. The topological polar surface area (TPSA) is 67.6 Å². The predicted molar refractivity (Wildman–Crippen MR) is 108 cm³/mol. The van der Waals surface area contributed by atoms with Crippen LogP contribution < -0.4 is 10.2 Å². The number of hydrogen-bond acceptors (Lipinski definition) is 6. The summed E-state index contributed by atoms with van der Waals surface area (Å²) in [7, 11) is 0. The van der Waals surface area contributed by atoms with Gasteiger partial charge in [0.25, 0.3) is 5.22 Å². The van der Waals surface area contributed by atoms with E-state index in [1.165, 1.54) is 11.8 Å². The molecule has 4 rings (SSSR count). The number of fused-ring (bicyclic) bond motifs is 1. The SMILES string of the molecule is O=C(CSc1nc2cc(Cl)ccc2o1)Nc1ccccc1N1CCOCC1. The molecule has 1 amide bonds. The Labute approximate surface area is 165 Å². The first-order valence-electron chi connectivity index (χ1n) is 8.59. The van der Waals surface area contributed by atoms with Gasteiger partial charge in [0.1, 0.15) is 5.52 Å². The number of morpholine rings is 1. The number of thioether (sulfide) groups is 1. The van der Waals surface area contributed by atoms with Crippen molar-refractivity contribution in [2.75, 3.05) is 42.3 Å². The zero-order chi connectivity index (χ0) is 18.6. The highest BCUT2D eigenvalue weighted by atomic mass is 35.5. The molecule has 6 nitrogen and oxygen atoms in total. The number of oxazole rings is 1. The highest BCUT2D eigenvalue weighted by Gasteiger charge is 2.16. The normalized spacial score (nSPS) is 14.5. The number of carbonyl (C=O) groups excluding carboxylic acids is 1. The Balaban J connectivity index is 1.40. The van der Waals surface area contributed by atoms with Gasteiger partial charge in [0.2, 0.25) is 5.91 Å². The Kier molecular flexibility index (Phi) is 5.52. The lowest BCUT2D eigenvalue weighted by molar-refractivity contribution is -0.113. The summed E-state index contributed by atoms with van der Waals surface area (Å²) in [6.45, 7) is 3.01. The number of benzene rings is 2. The van der Waals surface area contributed by atoms with Crippen LogP contribution in [0.4, 0.5) is 11.4 Å². The molecule has 1 fully saturated rings. The quantitative estimate of drug-likeness (QED) is 0.648. The molecule has 0 aliphatic carbocycles. The Morgan fingerprint density at radius 3 is 2.89 bits per heavy atom. The van der Waals surface area contributed by atoms with Gasteiger partial charge in [-0.25, -0.2) is 4.98 Å². The van der Waals surface area contributed by atoms with Crippen LogP contribution in [0.3, 0.4) is 0 Å². The minimum Gasteiger partial charge on any atom is -0.431 e. The number of nitrogens with zero attached hydrogens (tertiary/aromatic N) is 2. The van der Waals surface area contributed by atoms with Crippen LogP contribution in [-0.4, -0.2) is 42.9 Å². The lowest BCUT2D eigenvalue weighted by Crippen LogP contribution is -2.36. The molecule has 8 heteroatoms. The molecule has 0 bridgehead atoms. The number of para-hydroxylation sites is 2. The van der Waals surface area contributed by atoms with Gasteiger partial charge in [-0.1, -0.05) is 35.5 Å². The molecule has 0 radical (unpaired) electrons. The Morgan fingerprint density at radius 2 is 2.04 bits per heavy atom. The summed E-state index contributed by atoms with van der Waals surface area (Å²) in [6, 6.07) is 13.1. The maximum absolute atomic E-state index is 12.4. The van der Waals surface area contributed by atoms with Crippen molar-refractivity contribution in [3.63, 3.8) is 0 Å². The van der Waals surface area contributed by atoms with Crippen molar-refractivity contribution in [1.29, 1.82) is 0 Å². The van der Waals surface area contributed by atoms with Crippen LogP contribution in [0, 0.1) is 0 Å². The van der Waals surface area contributed by atoms with Crippen molar-refractivity contribution in [2.45, 2.75) is 5.22 Å². The molecular weight excluding hydrogens is 386 g/mol. The first kappa shape index (κ1) is 18.2. The van der Waals surface area contributed by atoms with Gasteiger partial charge in [0, 0.05) is 18.1 Å². The van der Waals surface area contributed by atoms with Crippen molar-refractivity contribution >= 4 is 51.7 Å². The van der Waals surface area contributed by atoms with Gasteiger partial charge >= 0.3 is 0 Å². The standard InChI is InChI=1S/C19H18ClN3O3S/c20-13-5-6-17-15(11-13)22-19(26-17)27-12-18(24)21-14-3-1-2-4-16(14)23-7-9-25-10-8-23/h1-6,11H,7-10,12H2,(H,21,24). The first-order valence-corrected chi connectivity index (χ1v) is 9.96. The second-order valence-electron chi connectivity index (χ2n) is 6.05. The van der Waals surface area contributed by atoms with Crippen molar-refractivity contribution in [3.05, 3.63) is 47.5 Å². The molecule has 2 aromatic carbocycles. The molecule has 2 heterocycles. The monoisotopic (exact) mass is 403 g/mol. The number of anilines is 2. The average molecular weight is 404 g/mol. The zero-order valence-electron chi connectivity index (χ0n) is 14.5. The maximum atomic E-state index is 12.4. The minimum atomic E-state index is -0.110. The summed E-state index contributed by atoms with van der Waals surface area (Å²) >= 11 is 7.21. The fourth-order valence-electron chi connectivity index (χ4n) is 2.91. The van der Waals surface area contributed by atoms with E-state index in [2.05, 4.69) is 15.2 Å². The molecular formula is C19H18ClN3O3S. The fourth-order valence-corrected chi connectivity index (χ4v) is 3.72. The van der Waals surface area contributed by atoms with Crippen molar-refractivity contribution in [2.24, 2.45) is 0 Å². The molecule has 1 N–H and O–H groups in total. The number of halogens is 1. The molecule has 140 valence electrons. The summed E-state index contributed by atoms with van der Waals surface area (Å²) < 4.78 is 11.0. The van der Waals surface area contributed by atoms with E-state index in [1.54, 1.807) is 18.2 Å². The second-order valence-corrected chi connectivity index (χ2v) is 7.41. The van der Waals surface area contributed by atoms with Crippen molar-refractivity contribution in [3.8, 4) is 0 Å². The molecule has 1 saturated heterocycles. The van der Waals surface area contributed by atoms with E-state index < -0.39 is 0 Å². The van der Waals surface area contributed by atoms with Gasteiger partial charge in [-0.3, -0.25) is 4.79 Å². The molecule has 0 spiro atoms. The van der Waals surface area contributed by atoms with Crippen LogP contribution >= 0.6 is 23.4 Å². The minimum absolute atomic E-state index is 0.110. The Morgan fingerprint density at radius 1 is 1.22 bits per heavy atom. The van der Waals surface area contributed by atoms with E-state index in [9.17, 15) is 4.79 Å². The number of ether oxygens (including phenoxy) is 1. The average Bonchev–Trinajstić information content (AvgIpc) is 3.09. The first-order chi connectivity index (χ1) is 13.2. The second kappa shape index (κ2) is 8.21. The third kappa shape index (κ3) is 4.37. The number of carbonyl (C=O) groups is 1. The summed E-state index contributed by atoms with van der Waals surface area (Å²) in [5.74, 6) is 0.0962. The van der Waals surface area contributed by atoms with E-state index in [0.29, 0.717) is 34.6 Å². The molecule has 3 aromatic rings. The number of rotatable bonds is 5. The van der Waals surface area contributed by atoms with Crippen LogP contribution in [0.5, 0.6) is 0 Å². The molecule has 1 aromatic heterocycles. The number of nitrogens with one attached hydrogen (secondary N) is 1. The van der Waals surface area contributed by atoms with Gasteiger partial charge in [0.05, 0.1) is 30.3 Å². The van der Waals surface area contributed by atoms with Gasteiger partial charge in [-0.2, -0.15) is 0 Å². The van der Waals surface area contributed by atoms with E-state index in [0.717, 1.165) is 24.5 Å². The molecule has 1 aliphatic heterocycles.